The minimum Gasteiger partial charge on any atom is -0.461 e. The Kier molecular flexibility index (Phi) is 5.33. The molecule has 0 spiro atoms. The number of carbonyl (C=O) groups is 1. The first-order valence-corrected chi connectivity index (χ1v) is 7.28. The standard InChI is InChI=1S/C16H15BrFNO2/c17-13-5-6-15(18)12(9-13)10-21-16(20)7-4-11-2-1-3-14(19)8-11/h1-3,5-6,8-9H,4,7,10,19H2. The van der Waals surface area contributed by atoms with Crippen molar-refractivity contribution in [3.8, 4) is 0 Å². The summed E-state index contributed by atoms with van der Waals surface area (Å²) in [5.74, 6) is -0.751. The molecule has 0 unspecified atom stereocenters. The molecule has 0 aliphatic carbocycles. The van der Waals surface area contributed by atoms with Gasteiger partial charge in [-0.05, 0) is 42.3 Å². The highest BCUT2D eigenvalue weighted by Gasteiger charge is 2.08. The molecule has 2 rings (SSSR count). The molecule has 0 atom stereocenters. The van der Waals surface area contributed by atoms with Crippen molar-refractivity contribution in [3.05, 3.63) is 63.9 Å². The van der Waals surface area contributed by atoms with Crippen LogP contribution in [0.5, 0.6) is 0 Å². The molecule has 110 valence electrons. The number of hydrogen-bond acceptors (Lipinski definition) is 3. The van der Waals surface area contributed by atoms with Crippen molar-refractivity contribution in [2.45, 2.75) is 19.4 Å². The fourth-order valence-electron chi connectivity index (χ4n) is 1.88. The van der Waals surface area contributed by atoms with Gasteiger partial charge in [-0.15, -0.1) is 0 Å². The predicted molar refractivity (Wildman–Crippen MR) is 83.1 cm³/mol. The highest BCUT2D eigenvalue weighted by atomic mass is 79.9. The lowest BCUT2D eigenvalue weighted by Crippen LogP contribution is -2.07. The number of carbonyl (C=O) groups excluding carboxylic acids is 1. The van der Waals surface area contributed by atoms with Gasteiger partial charge in [0.1, 0.15) is 12.4 Å². The fourth-order valence-corrected chi connectivity index (χ4v) is 2.29. The van der Waals surface area contributed by atoms with Crippen LogP contribution < -0.4 is 5.73 Å². The van der Waals surface area contributed by atoms with E-state index in [9.17, 15) is 9.18 Å². The molecule has 0 aliphatic rings. The van der Waals surface area contributed by atoms with Crippen molar-refractivity contribution >= 4 is 27.6 Å². The van der Waals surface area contributed by atoms with Gasteiger partial charge in [-0.25, -0.2) is 4.39 Å². The Hall–Kier alpha value is -1.88. The lowest BCUT2D eigenvalue weighted by molar-refractivity contribution is -0.144. The summed E-state index contributed by atoms with van der Waals surface area (Å²) in [7, 11) is 0. The number of aryl methyl sites for hydroxylation is 1. The minimum atomic E-state index is -0.387. The average Bonchev–Trinajstić information content (AvgIpc) is 2.46. The highest BCUT2D eigenvalue weighted by molar-refractivity contribution is 9.10. The van der Waals surface area contributed by atoms with Gasteiger partial charge in [-0.3, -0.25) is 4.79 Å². The average molecular weight is 352 g/mol. The molecule has 0 aromatic heterocycles. The zero-order chi connectivity index (χ0) is 15.2. The summed E-state index contributed by atoms with van der Waals surface area (Å²) in [6.07, 6.45) is 0.782. The highest BCUT2D eigenvalue weighted by Crippen LogP contribution is 2.17. The van der Waals surface area contributed by atoms with Crippen molar-refractivity contribution in [2.75, 3.05) is 5.73 Å². The number of rotatable bonds is 5. The number of ether oxygens (including phenoxy) is 1. The number of benzene rings is 2. The minimum absolute atomic E-state index is 0.0684. The molecular weight excluding hydrogens is 337 g/mol. The van der Waals surface area contributed by atoms with E-state index in [0.29, 0.717) is 17.7 Å². The molecule has 2 aromatic rings. The first-order chi connectivity index (χ1) is 10.0. The summed E-state index contributed by atoms with van der Waals surface area (Å²) in [6.45, 7) is -0.0684. The quantitative estimate of drug-likeness (QED) is 0.657. The first-order valence-electron chi connectivity index (χ1n) is 6.48. The second-order valence-electron chi connectivity index (χ2n) is 4.64. The molecule has 0 saturated carbocycles. The molecule has 3 nitrogen and oxygen atoms in total. The number of anilines is 1. The molecule has 2 aromatic carbocycles. The van der Waals surface area contributed by atoms with E-state index in [1.54, 1.807) is 18.2 Å². The maximum atomic E-state index is 13.5. The SMILES string of the molecule is Nc1cccc(CCC(=O)OCc2cc(Br)ccc2F)c1. The number of hydrogen-bond donors (Lipinski definition) is 1. The van der Waals surface area contributed by atoms with Crippen LogP contribution in [0.25, 0.3) is 0 Å². The van der Waals surface area contributed by atoms with Gasteiger partial charge in [0.2, 0.25) is 0 Å². The van der Waals surface area contributed by atoms with Crippen molar-refractivity contribution in [1.29, 1.82) is 0 Å². The van der Waals surface area contributed by atoms with Gasteiger partial charge in [0, 0.05) is 22.1 Å². The van der Waals surface area contributed by atoms with E-state index in [1.807, 2.05) is 18.2 Å². The largest absolute Gasteiger partial charge is 0.461 e. The number of nitrogen functional groups attached to an aromatic ring is 1. The van der Waals surface area contributed by atoms with Crippen LogP contribution in [0.15, 0.2) is 46.9 Å². The van der Waals surface area contributed by atoms with Crippen molar-refractivity contribution < 1.29 is 13.9 Å². The number of halogens is 2. The second kappa shape index (κ2) is 7.22. The third-order valence-electron chi connectivity index (χ3n) is 2.97. The molecule has 0 fully saturated rings. The number of nitrogens with two attached hydrogens (primary N) is 1. The van der Waals surface area contributed by atoms with E-state index >= 15 is 0 Å². The Morgan fingerprint density at radius 1 is 1.24 bits per heavy atom. The van der Waals surface area contributed by atoms with Crippen LogP contribution in [-0.4, -0.2) is 5.97 Å². The van der Waals surface area contributed by atoms with E-state index in [0.717, 1.165) is 10.0 Å². The van der Waals surface area contributed by atoms with E-state index in [2.05, 4.69) is 15.9 Å². The van der Waals surface area contributed by atoms with Crippen LogP contribution in [0.1, 0.15) is 17.5 Å². The second-order valence-corrected chi connectivity index (χ2v) is 5.56. The van der Waals surface area contributed by atoms with Crippen LogP contribution in [0.2, 0.25) is 0 Å². The van der Waals surface area contributed by atoms with Crippen molar-refractivity contribution in [3.63, 3.8) is 0 Å². The normalized spacial score (nSPS) is 10.4. The van der Waals surface area contributed by atoms with Gasteiger partial charge >= 0.3 is 5.97 Å². The molecule has 0 radical (unpaired) electrons. The summed E-state index contributed by atoms with van der Waals surface area (Å²) < 4.78 is 19.3. The van der Waals surface area contributed by atoms with E-state index in [-0.39, 0.29) is 24.8 Å². The summed E-state index contributed by atoms with van der Waals surface area (Å²) in [5.41, 5.74) is 7.65. The maximum Gasteiger partial charge on any atom is 0.306 e. The Labute approximate surface area is 131 Å². The van der Waals surface area contributed by atoms with Crippen LogP contribution in [0, 0.1) is 5.82 Å². The van der Waals surface area contributed by atoms with Gasteiger partial charge in [0.05, 0.1) is 0 Å². The third-order valence-corrected chi connectivity index (χ3v) is 3.46. The van der Waals surface area contributed by atoms with Gasteiger partial charge in [0.15, 0.2) is 0 Å². The molecule has 0 bridgehead atoms. The molecule has 2 N–H and O–H groups in total. The first kappa shape index (κ1) is 15.5. The summed E-state index contributed by atoms with van der Waals surface area (Å²) in [6, 6.07) is 11.9. The predicted octanol–water partition coefficient (Wildman–Crippen LogP) is 3.85. The van der Waals surface area contributed by atoms with Gasteiger partial charge in [-0.2, -0.15) is 0 Å². The molecule has 0 saturated heterocycles. The van der Waals surface area contributed by atoms with Crippen LogP contribution in [-0.2, 0) is 22.6 Å². The van der Waals surface area contributed by atoms with Crippen LogP contribution in [0.4, 0.5) is 10.1 Å². The Morgan fingerprint density at radius 2 is 2.05 bits per heavy atom. The Bertz CT molecular complexity index is 646. The lowest BCUT2D eigenvalue weighted by Gasteiger charge is -2.07. The molecule has 0 amide bonds. The van der Waals surface area contributed by atoms with E-state index in [4.69, 9.17) is 10.5 Å². The molecule has 0 heterocycles. The van der Waals surface area contributed by atoms with Crippen LogP contribution >= 0.6 is 15.9 Å². The summed E-state index contributed by atoms with van der Waals surface area (Å²) in [5, 5.41) is 0. The van der Waals surface area contributed by atoms with Crippen molar-refractivity contribution in [1.82, 2.24) is 0 Å². The van der Waals surface area contributed by atoms with Crippen LogP contribution in [0.3, 0.4) is 0 Å². The summed E-state index contributed by atoms with van der Waals surface area (Å²) >= 11 is 3.25. The Balaban J connectivity index is 1.83. The number of esters is 1. The van der Waals surface area contributed by atoms with Gasteiger partial charge < -0.3 is 10.5 Å². The summed E-state index contributed by atoms with van der Waals surface area (Å²) in [4.78, 5) is 11.7. The lowest BCUT2D eigenvalue weighted by atomic mass is 10.1. The zero-order valence-corrected chi connectivity index (χ0v) is 12.9. The fraction of sp³-hybridized carbons (Fsp3) is 0.188. The zero-order valence-electron chi connectivity index (χ0n) is 11.3. The topological polar surface area (TPSA) is 52.3 Å². The molecule has 5 heteroatoms. The van der Waals surface area contributed by atoms with Crippen molar-refractivity contribution in [2.24, 2.45) is 0 Å². The third kappa shape index (κ3) is 4.86. The monoisotopic (exact) mass is 351 g/mol. The smallest absolute Gasteiger partial charge is 0.306 e. The Morgan fingerprint density at radius 3 is 2.81 bits per heavy atom. The molecule has 0 aliphatic heterocycles. The van der Waals surface area contributed by atoms with E-state index < -0.39 is 0 Å². The van der Waals surface area contributed by atoms with Gasteiger partial charge in [-0.1, -0.05) is 28.1 Å². The van der Waals surface area contributed by atoms with Gasteiger partial charge in [0.25, 0.3) is 0 Å². The van der Waals surface area contributed by atoms with E-state index in [1.165, 1.54) is 6.07 Å². The molecular formula is C16H15BrFNO2. The maximum absolute atomic E-state index is 13.5. The molecule has 21 heavy (non-hydrogen) atoms.